The summed E-state index contributed by atoms with van der Waals surface area (Å²) in [4.78, 5) is 16.5. The second-order valence-electron chi connectivity index (χ2n) is 6.83. The lowest BCUT2D eigenvalue weighted by atomic mass is 10.1. The number of hydrogen-bond donors (Lipinski definition) is 1. The third kappa shape index (κ3) is 2.65. The molecule has 1 saturated heterocycles. The molecule has 0 spiro atoms. The fourth-order valence-electron chi connectivity index (χ4n) is 3.07. The number of aromatic nitrogens is 2. The van der Waals surface area contributed by atoms with E-state index >= 15 is 0 Å². The molecule has 7 nitrogen and oxygen atoms in total. The molecule has 7 heteroatoms. The molecule has 2 aliphatic rings. The number of ether oxygens (including phenoxy) is 3. The van der Waals surface area contributed by atoms with E-state index in [2.05, 4.69) is 10.3 Å². The van der Waals surface area contributed by atoms with Crippen LogP contribution < -0.4 is 15.7 Å². The number of rotatable bonds is 2. The van der Waals surface area contributed by atoms with Crippen molar-refractivity contribution >= 4 is 11.5 Å². The maximum atomic E-state index is 12.4. The average molecular weight is 329 g/mol. The van der Waals surface area contributed by atoms with Gasteiger partial charge < -0.3 is 19.5 Å². The lowest BCUT2D eigenvalue weighted by Crippen LogP contribution is -2.39. The maximum Gasteiger partial charge on any atom is 0.349 e. The largest absolute Gasteiger partial charge is 0.450 e. The Labute approximate surface area is 139 Å². The number of fused-ring (bicyclic) bond motifs is 2. The molecule has 3 heterocycles. The molecule has 0 radical (unpaired) electrons. The minimum atomic E-state index is -0.656. The molecule has 2 aromatic rings. The summed E-state index contributed by atoms with van der Waals surface area (Å²) in [5, 5.41) is 3.12. The molecule has 0 bridgehead atoms. The van der Waals surface area contributed by atoms with Crippen LogP contribution in [0.3, 0.4) is 0 Å². The summed E-state index contributed by atoms with van der Waals surface area (Å²) in [7, 11) is 0. The van der Waals surface area contributed by atoms with Crippen LogP contribution in [0.1, 0.15) is 20.8 Å². The molecule has 0 amide bonds. The van der Waals surface area contributed by atoms with Gasteiger partial charge in [-0.2, -0.15) is 4.98 Å². The molecule has 1 N–H and O–H groups in total. The standard InChI is InChI=1S/C17H19N3O4/c1-16(2)22-10-17(3,24-16)9-20-8-13-14(19-15(20)21)18-11-6-4-5-7-12(11)23-13/h4-8H,9-10H2,1-3H3,(H,18,19,21). The zero-order valence-corrected chi connectivity index (χ0v) is 13.8. The van der Waals surface area contributed by atoms with Crippen molar-refractivity contribution in [3.05, 3.63) is 40.9 Å². The van der Waals surface area contributed by atoms with Crippen molar-refractivity contribution in [2.45, 2.75) is 38.7 Å². The first-order valence-corrected chi connectivity index (χ1v) is 7.83. The lowest BCUT2D eigenvalue weighted by molar-refractivity contribution is -0.160. The zero-order valence-electron chi connectivity index (χ0n) is 13.8. The normalized spacial score (nSPS) is 23.8. The highest BCUT2D eigenvalue weighted by Gasteiger charge is 2.42. The first-order valence-electron chi connectivity index (χ1n) is 7.83. The Balaban J connectivity index is 1.64. The van der Waals surface area contributed by atoms with Gasteiger partial charge in [-0.1, -0.05) is 12.1 Å². The van der Waals surface area contributed by atoms with E-state index in [9.17, 15) is 4.79 Å². The quantitative estimate of drug-likeness (QED) is 0.779. The molecule has 24 heavy (non-hydrogen) atoms. The van der Waals surface area contributed by atoms with Crippen molar-refractivity contribution in [2.75, 3.05) is 11.9 Å². The Morgan fingerprint density at radius 2 is 2.04 bits per heavy atom. The summed E-state index contributed by atoms with van der Waals surface area (Å²) < 4.78 is 18.9. The van der Waals surface area contributed by atoms with Crippen molar-refractivity contribution in [3.8, 4) is 11.5 Å². The summed E-state index contributed by atoms with van der Waals surface area (Å²) in [6.07, 6.45) is 1.66. The van der Waals surface area contributed by atoms with Crippen molar-refractivity contribution < 1.29 is 14.2 Å². The minimum Gasteiger partial charge on any atom is -0.450 e. The van der Waals surface area contributed by atoms with Gasteiger partial charge in [0.25, 0.3) is 0 Å². The summed E-state index contributed by atoms with van der Waals surface area (Å²) in [6.45, 7) is 6.38. The summed E-state index contributed by atoms with van der Waals surface area (Å²) >= 11 is 0. The maximum absolute atomic E-state index is 12.4. The van der Waals surface area contributed by atoms with Gasteiger partial charge in [-0.05, 0) is 32.9 Å². The van der Waals surface area contributed by atoms with E-state index in [-0.39, 0.29) is 5.69 Å². The zero-order chi connectivity index (χ0) is 16.9. The van der Waals surface area contributed by atoms with E-state index in [1.165, 1.54) is 4.57 Å². The van der Waals surface area contributed by atoms with E-state index < -0.39 is 11.4 Å². The van der Waals surface area contributed by atoms with E-state index in [1.54, 1.807) is 6.20 Å². The fraction of sp³-hybridized carbons (Fsp3) is 0.412. The highest BCUT2D eigenvalue weighted by Crippen LogP contribution is 2.40. The van der Waals surface area contributed by atoms with Crippen LogP contribution >= 0.6 is 0 Å². The molecule has 1 aromatic heterocycles. The van der Waals surface area contributed by atoms with Crippen molar-refractivity contribution in [1.82, 2.24) is 9.55 Å². The Morgan fingerprint density at radius 1 is 1.25 bits per heavy atom. The van der Waals surface area contributed by atoms with E-state index in [4.69, 9.17) is 14.2 Å². The molecule has 4 rings (SSSR count). The van der Waals surface area contributed by atoms with Crippen LogP contribution in [0.5, 0.6) is 11.5 Å². The van der Waals surface area contributed by atoms with Crippen LogP contribution in [-0.4, -0.2) is 27.5 Å². The van der Waals surface area contributed by atoms with Crippen LogP contribution in [0.15, 0.2) is 35.3 Å². The number of benzene rings is 1. The van der Waals surface area contributed by atoms with E-state index in [0.29, 0.717) is 30.5 Å². The number of hydrogen-bond acceptors (Lipinski definition) is 6. The molecule has 2 aliphatic heterocycles. The van der Waals surface area contributed by atoms with Crippen molar-refractivity contribution in [1.29, 1.82) is 0 Å². The first kappa shape index (κ1) is 15.2. The molecule has 126 valence electrons. The summed E-state index contributed by atoms with van der Waals surface area (Å²) in [6, 6.07) is 7.51. The Morgan fingerprint density at radius 3 is 2.79 bits per heavy atom. The SMILES string of the molecule is CC1(Cn2cc3c(nc2=O)Nc2ccccc2O3)COC(C)(C)O1. The van der Waals surface area contributed by atoms with Crippen molar-refractivity contribution in [2.24, 2.45) is 0 Å². The second-order valence-corrected chi connectivity index (χ2v) is 6.83. The van der Waals surface area contributed by atoms with Crippen molar-refractivity contribution in [3.63, 3.8) is 0 Å². The molecule has 1 atom stereocenters. The number of nitrogens with zero attached hydrogens (tertiary/aromatic N) is 2. The molecular weight excluding hydrogens is 310 g/mol. The summed E-state index contributed by atoms with van der Waals surface area (Å²) in [5.41, 5.74) is -0.168. The molecule has 1 unspecified atom stereocenters. The van der Waals surface area contributed by atoms with E-state index in [1.807, 2.05) is 45.0 Å². The van der Waals surface area contributed by atoms with Crippen LogP contribution in [0.25, 0.3) is 0 Å². The predicted molar refractivity (Wildman–Crippen MR) is 87.8 cm³/mol. The highest BCUT2D eigenvalue weighted by molar-refractivity contribution is 5.72. The topological polar surface area (TPSA) is 74.6 Å². The van der Waals surface area contributed by atoms with Gasteiger partial charge in [-0.15, -0.1) is 0 Å². The Kier molecular flexibility index (Phi) is 3.20. The van der Waals surface area contributed by atoms with Gasteiger partial charge in [-0.3, -0.25) is 4.57 Å². The minimum absolute atomic E-state index is 0.334. The van der Waals surface area contributed by atoms with Gasteiger partial charge in [0.05, 0.1) is 25.0 Å². The van der Waals surface area contributed by atoms with Gasteiger partial charge in [0.15, 0.2) is 23.1 Å². The third-order valence-electron chi connectivity index (χ3n) is 4.04. The Hall–Kier alpha value is -2.38. The molecule has 0 saturated carbocycles. The van der Waals surface area contributed by atoms with Crippen LogP contribution in [0.2, 0.25) is 0 Å². The molecule has 0 aliphatic carbocycles. The van der Waals surface area contributed by atoms with Crippen LogP contribution in [0.4, 0.5) is 11.5 Å². The number of para-hydroxylation sites is 2. The van der Waals surface area contributed by atoms with Gasteiger partial charge in [0.1, 0.15) is 5.60 Å². The lowest BCUT2D eigenvalue weighted by Gasteiger charge is -2.26. The molecule has 1 aromatic carbocycles. The van der Waals surface area contributed by atoms with Gasteiger partial charge in [-0.25, -0.2) is 4.79 Å². The third-order valence-corrected chi connectivity index (χ3v) is 4.04. The Bertz CT molecular complexity index is 861. The molecule has 1 fully saturated rings. The van der Waals surface area contributed by atoms with Gasteiger partial charge in [0, 0.05) is 0 Å². The second kappa shape index (κ2) is 5.06. The fourth-order valence-corrected chi connectivity index (χ4v) is 3.07. The van der Waals surface area contributed by atoms with Gasteiger partial charge in [0.2, 0.25) is 0 Å². The number of anilines is 2. The first-order chi connectivity index (χ1) is 11.3. The molecular formula is C17H19N3O4. The smallest absolute Gasteiger partial charge is 0.349 e. The average Bonchev–Trinajstić information content (AvgIpc) is 2.79. The van der Waals surface area contributed by atoms with Crippen LogP contribution in [-0.2, 0) is 16.0 Å². The summed E-state index contributed by atoms with van der Waals surface area (Å²) in [5.74, 6) is 0.973. The monoisotopic (exact) mass is 329 g/mol. The number of nitrogens with one attached hydrogen (secondary N) is 1. The predicted octanol–water partition coefficient (Wildman–Crippen LogP) is 2.63. The highest BCUT2D eigenvalue weighted by atomic mass is 16.8. The van der Waals surface area contributed by atoms with E-state index in [0.717, 1.165) is 5.69 Å². The van der Waals surface area contributed by atoms with Crippen LogP contribution in [0, 0.1) is 0 Å². The van der Waals surface area contributed by atoms with Gasteiger partial charge >= 0.3 is 5.69 Å².